The molecule has 15 heavy (non-hydrogen) atoms. The fraction of sp³-hybridized carbons (Fsp3) is 1.00. The third-order valence-corrected chi connectivity index (χ3v) is 2.23. The van der Waals surface area contributed by atoms with Gasteiger partial charge in [0.05, 0.1) is 12.7 Å². The maximum atomic E-state index is 9.53. The molecule has 4 N–H and O–H groups in total. The molecule has 0 aliphatic carbocycles. The lowest BCUT2D eigenvalue weighted by Crippen LogP contribution is -2.40. The van der Waals surface area contributed by atoms with Crippen LogP contribution in [0.3, 0.4) is 0 Å². The standard InChI is InChI=1S/C9H18O6/c1-4(2)14-9-7(13)6(12)8(15-9)5(11)3-10/h4-13H,3H2,1-2H3/t5-,6-,7+,8-,9?/m1/s1. The second kappa shape index (κ2) is 5.20. The molecule has 0 amide bonds. The van der Waals surface area contributed by atoms with Gasteiger partial charge in [0, 0.05) is 0 Å². The van der Waals surface area contributed by atoms with E-state index in [1.807, 2.05) is 0 Å². The Morgan fingerprint density at radius 2 is 1.87 bits per heavy atom. The Balaban J connectivity index is 2.59. The third kappa shape index (κ3) is 2.87. The molecule has 0 aromatic carbocycles. The summed E-state index contributed by atoms with van der Waals surface area (Å²) in [6.07, 6.45) is -5.84. The van der Waals surface area contributed by atoms with Crippen LogP contribution in [-0.2, 0) is 9.47 Å². The SMILES string of the molecule is CC(C)OC1O[C@H]([C@H](O)CO)[C@H](O)[C@@H]1O. The minimum atomic E-state index is -1.25. The van der Waals surface area contributed by atoms with Gasteiger partial charge in [-0.3, -0.25) is 0 Å². The molecule has 1 aliphatic heterocycles. The van der Waals surface area contributed by atoms with Crippen molar-refractivity contribution < 1.29 is 29.9 Å². The van der Waals surface area contributed by atoms with E-state index in [4.69, 9.17) is 14.6 Å². The number of aliphatic hydroxyl groups is 4. The molecular weight excluding hydrogens is 204 g/mol. The van der Waals surface area contributed by atoms with Gasteiger partial charge in [0.15, 0.2) is 6.29 Å². The fourth-order valence-corrected chi connectivity index (χ4v) is 1.47. The van der Waals surface area contributed by atoms with Crippen LogP contribution in [0.1, 0.15) is 13.8 Å². The van der Waals surface area contributed by atoms with E-state index >= 15 is 0 Å². The van der Waals surface area contributed by atoms with Gasteiger partial charge in [-0.1, -0.05) is 0 Å². The van der Waals surface area contributed by atoms with E-state index in [9.17, 15) is 15.3 Å². The molecule has 1 saturated heterocycles. The van der Waals surface area contributed by atoms with Gasteiger partial charge >= 0.3 is 0 Å². The molecule has 1 rings (SSSR count). The van der Waals surface area contributed by atoms with Gasteiger partial charge in [0.25, 0.3) is 0 Å². The molecule has 5 atom stereocenters. The van der Waals surface area contributed by atoms with Gasteiger partial charge in [-0.25, -0.2) is 0 Å². The van der Waals surface area contributed by atoms with Crippen LogP contribution in [0.2, 0.25) is 0 Å². The van der Waals surface area contributed by atoms with Crippen molar-refractivity contribution in [1.82, 2.24) is 0 Å². The van der Waals surface area contributed by atoms with Crippen molar-refractivity contribution in [2.24, 2.45) is 0 Å². The van der Waals surface area contributed by atoms with Crippen molar-refractivity contribution in [3.05, 3.63) is 0 Å². The van der Waals surface area contributed by atoms with E-state index in [1.54, 1.807) is 13.8 Å². The van der Waals surface area contributed by atoms with E-state index in [0.717, 1.165) is 0 Å². The molecule has 1 unspecified atom stereocenters. The highest BCUT2D eigenvalue weighted by Gasteiger charge is 2.46. The zero-order valence-corrected chi connectivity index (χ0v) is 8.78. The minimum absolute atomic E-state index is 0.165. The quantitative estimate of drug-likeness (QED) is 0.448. The second-order valence-corrected chi connectivity index (χ2v) is 3.89. The topological polar surface area (TPSA) is 99.4 Å². The molecule has 0 aromatic heterocycles. The molecule has 1 heterocycles. The first kappa shape index (κ1) is 12.8. The summed E-state index contributed by atoms with van der Waals surface area (Å²) in [5.41, 5.74) is 0. The third-order valence-electron chi connectivity index (χ3n) is 2.23. The summed E-state index contributed by atoms with van der Waals surface area (Å²) in [7, 11) is 0. The number of rotatable bonds is 4. The van der Waals surface area contributed by atoms with Gasteiger partial charge in [-0.05, 0) is 13.8 Å². The van der Waals surface area contributed by atoms with E-state index in [0.29, 0.717) is 0 Å². The Hall–Kier alpha value is -0.240. The van der Waals surface area contributed by atoms with Crippen LogP contribution < -0.4 is 0 Å². The highest BCUT2D eigenvalue weighted by molar-refractivity contribution is 4.90. The lowest BCUT2D eigenvalue weighted by atomic mass is 10.1. The van der Waals surface area contributed by atoms with Crippen molar-refractivity contribution in [2.75, 3.05) is 6.61 Å². The summed E-state index contributed by atoms with van der Waals surface area (Å²) in [6, 6.07) is 0. The number of hydrogen-bond donors (Lipinski definition) is 4. The average molecular weight is 222 g/mol. The summed E-state index contributed by atoms with van der Waals surface area (Å²) in [5, 5.41) is 37.0. The molecule has 1 fully saturated rings. The van der Waals surface area contributed by atoms with E-state index in [2.05, 4.69) is 0 Å². The molecule has 0 saturated carbocycles. The first-order chi connectivity index (χ1) is 6.97. The van der Waals surface area contributed by atoms with Crippen LogP contribution in [0.15, 0.2) is 0 Å². The zero-order chi connectivity index (χ0) is 11.6. The summed E-state index contributed by atoms with van der Waals surface area (Å²) in [4.78, 5) is 0. The van der Waals surface area contributed by atoms with Gasteiger partial charge in [-0.15, -0.1) is 0 Å². The van der Waals surface area contributed by atoms with Crippen LogP contribution in [0.5, 0.6) is 0 Å². The van der Waals surface area contributed by atoms with E-state index in [1.165, 1.54) is 0 Å². The Morgan fingerprint density at radius 1 is 1.27 bits per heavy atom. The highest BCUT2D eigenvalue weighted by Crippen LogP contribution is 2.25. The Kier molecular flexibility index (Phi) is 4.45. The summed E-state index contributed by atoms with van der Waals surface area (Å²) in [6.45, 7) is 2.99. The molecule has 0 radical (unpaired) electrons. The van der Waals surface area contributed by atoms with Crippen molar-refractivity contribution in [3.8, 4) is 0 Å². The normalized spacial score (nSPS) is 38.6. The summed E-state index contributed by atoms with van der Waals surface area (Å²) < 4.78 is 10.3. The molecule has 0 bridgehead atoms. The molecule has 1 aliphatic rings. The van der Waals surface area contributed by atoms with Crippen LogP contribution in [0, 0.1) is 0 Å². The van der Waals surface area contributed by atoms with Crippen LogP contribution in [0.25, 0.3) is 0 Å². The maximum absolute atomic E-state index is 9.53. The minimum Gasteiger partial charge on any atom is -0.394 e. The number of ether oxygens (including phenoxy) is 2. The molecule has 0 spiro atoms. The smallest absolute Gasteiger partial charge is 0.186 e. The van der Waals surface area contributed by atoms with Crippen molar-refractivity contribution in [2.45, 2.75) is 50.7 Å². The van der Waals surface area contributed by atoms with Crippen molar-refractivity contribution in [3.63, 3.8) is 0 Å². The first-order valence-electron chi connectivity index (χ1n) is 4.93. The van der Waals surface area contributed by atoms with Gasteiger partial charge in [0.1, 0.15) is 24.4 Å². The van der Waals surface area contributed by atoms with Crippen LogP contribution in [-0.4, -0.2) is 63.8 Å². The molecule has 6 nitrogen and oxygen atoms in total. The predicted molar refractivity (Wildman–Crippen MR) is 50.0 cm³/mol. The monoisotopic (exact) mass is 222 g/mol. The number of aliphatic hydroxyl groups excluding tert-OH is 4. The highest BCUT2D eigenvalue weighted by atomic mass is 16.7. The second-order valence-electron chi connectivity index (χ2n) is 3.89. The zero-order valence-electron chi connectivity index (χ0n) is 8.78. The fourth-order valence-electron chi connectivity index (χ4n) is 1.47. The predicted octanol–water partition coefficient (Wildman–Crippen LogP) is -1.79. The molecule has 6 heteroatoms. The lowest BCUT2D eigenvalue weighted by Gasteiger charge is -2.19. The summed E-state index contributed by atoms with van der Waals surface area (Å²) in [5.74, 6) is 0. The largest absolute Gasteiger partial charge is 0.394 e. The van der Waals surface area contributed by atoms with Crippen molar-refractivity contribution >= 4 is 0 Å². The van der Waals surface area contributed by atoms with Crippen molar-refractivity contribution in [1.29, 1.82) is 0 Å². The molecular formula is C9H18O6. The Bertz CT molecular complexity index is 197. The van der Waals surface area contributed by atoms with E-state index < -0.39 is 37.3 Å². The lowest BCUT2D eigenvalue weighted by molar-refractivity contribution is -0.195. The Morgan fingerprint density at radius 3 is 2.33 bits per heavy atom. The molecule has 0 aromatic rings. The van der Waals surface area contributed by atoms with Crippen LogP contribution >= 0.6 is 0 Å². The van der Waals surface area contributed by atoms with Gasteiger partial charge < -0.3 is 29.9 Å². The van der Waals surface area contributed by atoms with Gasteiger partial charge in [0.2, 0.25) is 0 Å². The maximum Gasteiger partial charge on any atom is 0.186 e. The summed E-state index contributed by atoms with van der Waals surface area (Å²) >= 11 is 0. The first-order valence-corrected chi connectivity index (χ1v) is 4.93. The molecule has 90 valence electrons. The number of hydrogen-bond acceptors (Lipinski definition) is 6. The Labute approximate surface area is 88.1 Å². The average Bonchev–Trinajstić information content (AvgIpc) is 2.44. The van der Waals surface area contributed by atoms with Crippen LogP contribution in [0.4, 0.5) is 0 Å². The van der Waals surface area contributed by atoms with Gasteiger partial charge in [-0.2, -0.15) is 0 Å². The van der Waals surface area contributed by atoms with E-state index in [-0.39, 0.29) is 6.10 Å².